The summed E-state index contributed by atoms with van der Waals surface area (Å²) in [5.74, 6) is -0.369. The number of hydrogen-bond donors (Lipinski definition) is 0. The Balaban J connectivity index is 2.49. The molecule has 15 heavy (non-hydrogen) atoms. The SMILES string of the molecule is O=C(C1CCOC1)N(CCCl)CC(F)F. The second kappa shape index (κ2) is 6.23. The van der Waals surface area contributed by atoms with E-state index in [9.17, 15) is 13.6 Å². The van der Waals surface area contributed by atoms with Crippen LogP contribution >= 0.6 is 11.6 Å². The first-order valence-corrected chi connectivity index (χ1v) is 5.39. The Morgan fingerprint density at radius 2 is 2.33 bits per heavy atom. The lowest BCUT2D eigenvalue weighted by molar-refractivity contribution is -0.137. The molecule has 0 bridgehead atoms. The number of amides is 1. The Labute approximate surface area is 92.3 Å². The monoisotopic (exact) mass is 241 g/mol. The number of ether oxygens (including phenoxy) is 1. The van der Waals surface area contributed by atoms with Crippen LogP contribution in [0.4, 0.5) is 8.78 Å². The van der Waals surface area contributed by atoms with Crippen molar-refractivity contribution in [2.45, 2.75) is 12.8 Å². The van der Waals surface area contributed by atoms with Crippen molar-refractivity contribution in [2.75, 3.05) is 32.2 Å². The minimum Gasteiger partial charge on any atom is -0.381 e. The summed E-state index contributed by atoms with van der Waals surface area (Å²) < 4.78 is 29.4. The van der Waals surface area contributed by atoms with Crippen molar-refractivity contribution in [1.82, 2.24) is 4.90 Å². The molecule has 1 unspecified atom stereocenters. The average Bonchev–Trinajstić information content (AvgIpc) is 2.68. The zero-order chi connectivity index (χ0) is 11.3. The van der Waals surface area contributed by atoms with Crippen LogP contribution in [0.5, 0.6) is 0 Å². The molecule has 6 heteroatoms. The Morgan fingerprint density at radius 1 is 1.60 bits per heavy atom. The normalized spacial score (nSPS) is 20.9. The summed E-state index contributed by atoms with van der Waals surface area (Å²) in [6.07, 6.45) is -1.90. The predicted octanol–water partition coefficient (Wildman–Crippen LogP) is 1.36. The molecule has 0 aromatic heterocycles. The molecule has 1 aliphatic heterocycles. The van der Waals surface area contributed by atoms with Crippen LogP contribution in [-0.4, -0.2) is 49.4 Å². The molecule has 1 fully saturated rings. The summed E-state index contributed by atoms with van der Waals surface area (Å²) >= 11 is 5.46. The smallest absolute Gasteiger partial charge is 0.255 e. The van der Waals surface area contributed by atoms with Gasteiger partial charge in [0.05, 0.1) is 19.1 Å². The molecule has 0 N–H and O–H groups in total. The van der Waals surface area contributed by atoms with Crippen molar-refractivity contribution in [1.29, 1.82) is 0 Å². The maximum absolute atomic E-state index is 12.2. The molecule has 0 spiro atoms. The molecule has 1 heterocycles. The van der Waals surface area contributed by atoms with E-state index in [0.717, 1.165) is 4.90 Å². The number of alkyl halides is 3. The fraction of sp³-hybridized carbons (Fsp3) is 0.889. The van der Waals surface area contributed by atoms with Crippen LogP contribution in [0.2, 0.25) is 0 Å². The lowest BCUT2D eigenvalue weighted by Crippen LogP contribution is -2.40. The van der Waals surface area contributed by atoms with E-state index in [1.165, 1.54) is 0 Å². The van der Waals surface area contributed by atoms with Crippen molar-refractivity contribution in [2.24, 2.45) is 5.92 Å². The molecule has 3 nitrogen and oxygen atoms in total. The summed E-state index contributed by atoms with van der Waals surface area (Å²) in [5.41, 5.74) is 0. The van der Waals surface area contributed by atoms with Gasteiger partial charge in [-0.3, -0.25) is 4.79 Å². The molecule has 1 rings (SSSR count). The molecule has 0 aliphatic carbocycles. The summed E-state index contributed by atoms with van der Waals surface area (Å²) in [6.45, 7) is 0.490. The van der Waals surface area contributed by atoms with E-state index in [1.54, 1.807) is 0 Å². The van der Waals surface area contributed by atoms with Gasteiger partial charge >= 0.3 is 0 Å². The van der Waals surface area contributed by atoms with Gasteiger partial charge in [0, 0.05) is 19.0 Å². The quantitative estimate of drug-likeness (QED) is 0.680. The van der Waals surface area contributed by atoms with Crippen molar-refractivity contribution in [3.05, 3.63) is 0 Å². The third-order valence-corrected chi connectivity index (χ3v) is 2.47. The first-order valence-electron chi connectivity index (χ1n) is 4.85. The van der Waals surface area contributed by atoms with Crippen LogP contribution in [0.15, 0.2) is 0 Å². The van der Waals surface area contributed by atoms with Gasteiger partial charge in [0.15, 0.2) is 0 Å². The number of halogens is 3. The fourth-order valence-electron chi connectivity index (χ4n) is 1.55. The molecule has 1 saturated heterocycles. The highest BCUT2D eigenvalue weighted by Gasteiger charge is 2.28. The molecule has 0 aromatic rings. The molecule has 0 radical (unpaired) electrons. The third kappa shape index (κ3) is 3.91. The van der Waals surface area contributed by atoms with E-state index in [-0.39, 0.29) is 24.2 Å². The molecule has 0 saturated carbocycles. The highest BCUT2D eigenvalue weighted by Crippen LogP contribution is 2.16. The Kier molecular flexibility index (Phi) is 5.25. The number of nitrogens with zero attached hydrogens (tertiary/aromatic N) is 1. The van der Waals surface area contributed by atoms with Crippen LogP contribution in [0, 0.1) is 5.92 Å². The first-order chi connectivity index (χ1) is 7.15. The van der Waals surface area contributed by atoms with Crippen LogP contribution in [0.25, 0.3) is 0 Å². The molecule has 1 amide bonds. The molecule has 0 aromatic carbocycles. The first kappa shape index (κ1) is 12.6. The zero-order valence-electron chi connectivity index (χ0n) is 8.29. The molecule has 88 valence electrons. The van der Waals surface area contributed by atoms with Crippen molar-refractivity contribution in [3.8, 4) is 0 Å². The van der Waals surface area contributed by atoms with E-state index >= 15 is 0 Å². The van der Waals surface area contributed by atoms with Crippen LogP contribution in [0.3, 0.4) is 0 Å². The molecular formula is C9H14ClF2NO2. The second-order valence-electron chi connectivity index (χ2n) is 3.42. The standard InChI is InChI=1S/C9H14ClF2NO2/c10-2-3-13(5-8(11)12)9(14)7-1-4-15-6-7/h7-8H,1-6H2. The molecular weight excluding hydrogens is 228 g/mol. The lowest BCUT2D eigenvalue weighted by Gasteiger charge is -2.23. The second-order valence-corrected chi connectivity index (χ2v) is 3.80. The largest absolute Gasteiger partial charge is 0.381 e. The lowest BCUT2D eigenvalue weighted by atomic mass is 10.1. The minimum atomic E-state index is -2.51. The Hall–Kier alpha value is -0.420. The molecule has 1 aliphatic rings. The van der Waals surface area contributed by atoms with Gasteiger partial charge in [-0.05, 0) is 6.42 Å². The maximum Gasteiger partial charge on any atom is 0.255 e. The average molecular weight is 242 g/mol. The zero-order valence-corrected chi connectivity index (χ0v) is 9.05. The van der Waals surface area contributed by atoms with Gasteiger partial charge in [0.1, 0.15) is 0 Å². The van der Waals surface area contributed by atoms with Gasteiger partial charge in [-0.1, -0.05) is 0 Å². The Bertz CT molecular complexity index is 210. The Morgan fingerprint density at radius 3 is 2.80 bits per heavy atom. The third-order valence-electron chi connectivity index (χ3n) is 2.30. The van der Waals surface area contributed by atoms with Crippen LogP contribution in [0.1, 0.15) is 6.42 Å². The van der Waals surface area contributed by atoms with E-state index in [1.807, 2.05) is 0 Å². The minimum absolute atomic E-state index is 0.168. The van der Waals surface area contributed by atoms with Crippen LogP contribution in [-0.2, 0) is 9.53 Å². The van der Waals surface area contributed by atoms with E-state index in [0.29, 0.717) is 19.6 Å². The summed E-state index contributed by atoms with van der Waals surface area (Å²) in [7, 11) is 0. The van der Waals surface area contributed by atoms with Crippen molar-refractivity contribution in [3.63, 3.8) is 0 Å². The number of carbonyl (C=O) groups excluding carboxylic acids is 1. The van der Waals surface area contributed by atoms with Gasteiger partial charge < -0.3 is 9.64 Å². The van der Waals surface area contributed by atoms with Gasteiger partial charge in [-0.2, -0.15) is 0 Å². The highest BCUT2D eigenvalue weighted by atomic mass is 35.5. The number of rotatable bonds is 5. The molecule has 1 atom stereocenters. The van der Waals surface area contributed by atoms with E-state index in [2.05, 4.69) is 0 Å². The van der Waals surface area contributed by atoms with Gasteiger partial charge in [0.2, 0.25) is 5.91 Å². The van der Waals surface area contributed by atoms with Crippen molar-refractivity contribution < 1.29 is 18.3 Å². The van der Waals surface area contributed by atoms with Crippen molar-refractivity contribution >= 4 is 17.5 Å². The summed E-state index contributed by atoms with van der Waals surface area (Å²) in [5, 5.41) is 0. The number of hydrogen-bond acceptors (Lipinski definition) is 2. The van der Waals surface area contributed by atoms with E-state index < -0.39 is 13.0 Å². The van der Waals surface area contributed by atoms with Gasteiger partial charge in [-0.25, -0.2) is 8.78 Å². The maximum atomic E-state index is 12.2. The summed E-state index contributed by atoms with van der Waals surface area (Å²) in [6, 6.07) is 0. The predicted molar refractivity (Wildman–Crippen MR) is 52.2 cm³/mol. The summed E-state index contributed by atoms with van der Waals surface area (Å²) in [4.78, 5) is 12.8. The highest BCUT2D eigenvalue weighted by molar-refractivity contribution is 6.18. The topological polar surface area (TPSA) is 29.5 Å². The van der Waals surface area contributed by atoms with E-state index in [4.69, 9.17) is 16.3 Å². The number of carbonyl (C=O) groups is 1. The fourth-order valence-corrected chi connectivity index (χ4v) is 1.75. The van der Waals surface area contributed by atoms with Crippen LogP contribution < -0.4 is 0 Å². The van der Waals surface area contributed by atoms with Gasteiger partial charge in [-0.15, -0.1) is 11.6 Å². The van der Waals surface area contributed by atoms with Gasteiger partial charge in [0.25, 0.3) is 6.43 Å².